The summed E-state index contributed by atoms with van der Waals surface area (Å²) in [5, 5.41) is 13.2. The van der Waals surface area contributed by atoms with E-state index in [2.05, 4.69) is 30.4 Å². The fourth-order valence-electron chi connectivity index (χ4n) is 1.13. The van der Waals surface area contributed by atoms with Crippen LogP contribution in [0, 0.1) is 0 Å². The third kappa shape index (κ3) is 2.11. The number of aryl methyl sites for hydroxylation is 2. The van der Waals surface area contributed by atoms with E-state index in [1.807, 2.05) is 0 Å². The van der Waals surface area contributed by atoms with Crippen molar-refractivity contribution in [1.29, 1.82) is 0 Å². The molecule has 0 atom stereocenters. The van der Waals surface area contributed by atoms with Crippen molar-refractivity contribution in [2.24, 2.45) is 0 Å². The monoisotopic (exact) mass is 178 g/mol. The summed E-state index contributed by atoms with van der Waals surface area (Å²) in [5.41, 5.74) is 0. The minimum atomic E-state index is 0.890. The van der Waals surface area contributed by atoms with E-state index in [-0.39, 0.29) is 0 Å². The Morgan fingerprint density at radius 3 is 1.85 bits per heavy atom. The van der Waals surface area contributed by atoms with Crippen LogP contribution in [0.1, 0.15) is 18.1 Å². The van der Waals surface area contributed by atoms with Crippen LogP contribution in [0.4, 0.5) is 0 Å². The number of hydrogen-bond acceptors (Lipinski definition) is 4. The van der Waals surface area contributed by atoms with Gasteiger partial charge in [-0.3, -0.25) is 10.2 Å². The van der Waals surface area contributed by atoms with Crippen molar-refractivity contribution in [3.63, 3.8) is 0 Å². The molecule has 0 saturated heterocycles. The van der Waals surface area contributed by atoms with E-state index < -0.39 is 0 Å². The summed E-state index contributed by atoms with van der Waals surface area (Å²) in [6.45, 7) is 0. The van der Waals surface area contributed by atoms with Crippen LogP contribution in [0.25, 0.3) is 0 Å². The Morgan fingerprint density at radius 2 is 1.46 bits per heavy atom. The van der Waals surface area contributed by atoms with Crippen LogP contribution >= 0.6 is 0 Å². The molecular formula is C7H10N6. The maximum Gasteiger partial charge on any atom is 0.137 e. The molecule has 2 rings (SSSR count). The Morgan fingerprint density at radius 1 is 0.923 bits per heavy atom. The lowest BCUT2D eigenvalue weighted by molar-refractivity contribution is 0.743. The zero-order chi connectivity index (χ0) is 8.93. The van der Waals surface area contributed by atoms with Crippen LogP contribution in [0.2, 0.25) is 0 Å². The van der Waals surface area contributed by atoms with Crippen molar-refractivity contribution in [2.45, 2.75) is 19.3 Å². The summed E-state index contributed by atoms with van der Waals surface area (Å²) in [7, 11) is 0. The molecule has 0 spiro atoms. The molecule has 2 aromatic heterocycles. The first-order valence-electron chi connectivity index (χ1n) is 4.13. The largest absolute Gasteiger partial charge is 0.263 e. The van der Waals surface area contributed by atoms with Gasteiger partial charge in [-0.15, -0.1) is 0 Å². The summed E-state index contributed by atoms with van der Waals surface area (Å²) in [4.78, 5) is 8.04. The van der Waals surface area contributed by atoms with Crippen molar-refractivity contribution in [3.8, 4) is 0 Å². The molecule has 2 heterocycles. The quantitative estimate of drug-likeness (QED) is 0.695. The molecule has 0 aliphatic rings. The van der Waals surface area contributed by atoms with Gasteiger partial charge in [0.25, 0.3) is 0 Å². The van der Waals surface area contributed by atoms with Crippen LogP contribution in [0.3, 0.4) is 0 Å². The van der Waals surface area contributed by atoms with Crippen molar-refractivity contribution in [2.75, 3.05) is 0 Å². The van der Waals surface area contributed by atoms with E-state index in [9.17, 15) is 0 Å². The fraction of sp³-hybridized carbons (Fsp3) is 0.429. The molecule has 0 fully saturated rings. The summed E-state index contributed by atoms with van der Waals surface area (Å²) < 4.78 is 0. The number of nitrogens with one attached hydrogen (secondary N) is 2. The van der Waals surface area contributed by atoms with Gasteiger partial charge in [0, 0.05) is 12.8 Å². The molecule has 2 aromatic rings. The zero-order valence-electron chi connectivity index (χ0n) is 7.06. The van der Waals surface area contributed by atoms with E-state index in [0.717, 1.165) is 30.9 Å². The van der Waals surface area contributed by atoms with Gasteiger partial charge >= 0.3 is 0 Å². The third-order valence-corrected chi connectivity index (χ3v) is 1.76. The summed E-state index contributed by atoms with van der Waals surface area (Å²) in [5.74, 6) is 1.83. The van der Waals surface area contributed by atoms with Crippen molar-refractivity contribution < 1.29 is 0 Å². The molecule has 6 heteroatoms. The lowest BCUT2D eigenvalue weighted by atomic mass is 10.2. The molecule has 13 heavy (non-hydrogen) atoms. The van der Waals surface area contributed by atoms with Crippen LogP contribution in [-0.2, 0) is 12.8 Å². The van der Waals surface area contributed by atoms with Gasteiger partial charge < -0.3 is 0 Å². The van der Waals surface area contributed by atoms with Crippen LogP contribution in [-0.4, -0.2) is 30.4 Å². The van der Waals surface area contributed by atoms with E-state index in [1.54, 1.807) is 0 Å². The zero-order valence-corrected chi connectivity index (χ0v) is 7.06. The van der Waals surface area contributed by atoms with E-state index in [0.29, 0.717) is 0 Å². The second kappa shape index (κ2) is 3.79. The molecule has 0 unspecified atom stereocenters. The summed E-state index contributed by atoms with van der Waals surface area (Å²) >= 11 is 0. The summed E-state index contributed by atoms with van der Waals surface area (Å²) in [6.07, 6.45) is 5.80. The predicted octanol–water partition coefficient (Wildman–Crippen LogP) is 0.0981. The highest BCUT2D eigenvalue weighted by molar-refractivity contribution is 4.84. The van der Waals surface area contributed by atoms with E-state index in [4.69, 9.17) is 0 Å². The first kappa shape index (κ1) is 7.90. The van der Waals surface area contributed by atoms with Crippen LogP contribution in [0.15, 0.2) is 12.7 Å². The van der Waals surface area contributed by atoms with Crippen molar-refractivity contribution in [1.82, 2.24) is 30.4 Å². The minimum Gasteiger partial charge on any atom is -0.263 e. The first-order valence-corrected chi connectivity index (χ1v) is 4.13. The molecule has 0 aliphatic carbocycles. The van der Waals surface area contributed by atoms with Gasteiger partial charge in [-0.2, -0.15) is 10.2 Å². The van der Waals surface area contributed by atoms with Gasteiger partial charge in [0.15, 0.2) is 0 Å². The molecule has 0 amide bonds. The fourth-order valence-corrected chi connectivity index (χ4v) is 1.13. The topological polar surface area (TPSA) is 83.1 Å². The predicted molar refractivity (Wildman–Crippen MR) is 44.8 cm³/mol. The lowest BCUT2D eigenvalue weighted by Gasteiger charge is -1.93. The van der Waals surface area contributed by atoms with E-state index in [1.165, 1.54) is 12.7 Å². The Kier molecular flexibility index (Phi) is 2.31. The van der Waals surface area contributed by atoms with E-state index >= 15 is 0 Å². The average molecular weight is 178 g/mol. The average Bonchev–Trinajstić information content (AvgIpc) is 2.75. The highest BCUT2D eigenvalue weighted by atomic mass is 15.2. The van der Waals surface area contributed by atoms with Crippen LogP contribution in [0.5, 0.6) is 0 Å². The second-order valence-electron chi connectivity index (χ2n) is 2.72. The molecule has 6 nitrogen and oxygen atoms in total. The van der Waals surface area contributed by atoms with Gasteiger partial charge in [-0.25, -0.2) is 9.97 Å². The molecule has 68 valence electrons. The minimum absolute atomic E-state index is 0.890. The molecule has 0 radical (unpaired) electrons. The smallest absolute Gasteiger partial charge is 0.137 e. The highest BCUT2D eigenvalue weighted by Crippen LogP contribution is 1.98. The van der Waals surface area contributed by atoms with Crippen molar-refractivity contribution >= 4 is 0 Å². The third-order valence-electron chi connectivity index (χ3n) is 1.76. The molecule has 2 N–H and O–H groups in total. The molecule has 0 aromatic carbocycles. The van der Waals surface area contributed by atoms with Gasteiger partial charge in [0.2, 0.25) is 0 Å². The SMILES string of the molecule is c1n[nH]c(CCCc2ncn[nH]2)n1. The normalized spacial score (nSPS) is 10.5. The number of aromatic nitrogens is 6. The number of hydrogen-bond donors (Lipinski definition) is 2. The van der Waals surface area contributed by atoms with Crippen LogP contribution < -0.4 is 0 Å². The lowest BCUT2D eigenvalue weighted by Crippen LogP contribution is -1.93. The Labute approximate surface area is 74.8 Å². The molecule has 0 aliphatic heterocycles. The molecule has 0 bridgehead atoms. The number of rotatable bonds is 4. The maximum absolute atomic E-state index is 4.02. The maximum atomic E-state index is 4.02. The first-order chi connectivity index (χ1) is 6.45. The van der Waals surface area contributed by atoms with Gasteiger partial charge in [-0.05, 0) is 6.42 Å². The Bertz CT molecular complexity index is 290. The summed E-state index contributed by atoms with van der Waals surface area (Å²) in [6, 6.07) is 0. The molecule has 0 saturated carbocycles. The van der Waals surface area contributed by atoms with Gasteiger partial charge in [-0.1, -0.05) is 0 Å². The second-order valence-corrected chi connectivity index (χ2v) is 2.72. The Balaban J connectivity index is 1.76. The number of H-pyrrole nitrogens is 2. The highest BCUT2D eigenvalue weighted by Gasteiger charge is 1.98. The molecular weight excluding hydrogens is 168 g/mol. The van der Waals surface area contributed by atoms with Crippen molar-refractivity contribution in [3.05, 3.63) is 24.3 Å². The number of aromatic amines is 2. The standard InChI is InChI=1S/C7H10N6/c1(2-6-8-4-10-12-6)3-7-9-5-11-13-7/h4-5H,1-3H2,(H,8,10,12)(H,9,11,13). The Hall–Kier alpha value is -1.72. The van der Waals surface area contributed by atoms with Gasteiger partial charge in [0.05, 0.1) is 0 Å². The van der Waals surface area contributed by atoms with Gasteiger partial charge in [0.1, 0.15) is 24.3 Å². The number of nitrogens with zero attached hydrogens (tertiary/aromatic N) is 4.